The van der Waals surface area contributed by atoms with Gasteiger partial charge in [0.25, 0.3) is 0 Å². The van der Waals surface area contributed by atoms with Crippen LogP contribution >= 0.6 is 23.8 Å². The lowest BCUT2D eigenvalue weighted by atomic mass is 9.96. The molecule has 1 heterocycles. The number of likely N-dealkylation sites (tertiary alicyclic amines) is 1. The van der Waals surface area contributed by atoms with E-state index in [2.05, 4.69) is 4.90 Å². The summed E-state index contributed by atoms with van der Waals surface area (Å²) < 4.78 is 5.80. The third-order valence-electron chi connectivity index (χ3n) is 4.64. The van der Waals surface area contributed by atoms with Crippen molar-refractivity contribution in [1.82, 2.24) is 4.90 Å². The minimum absolute atomic E-state index is 0.0327. The highest BCUT2D eigenvalue weighted by Crippen LogP contribution is 2.22. The van der Waals surface area contributed by atoms with E-state index >= 15 is 0 Å². The quantitative estimate of drug-likeness (QED) is 0.792. The molecule has 0 aromatic heterocycles. The van der Waals surface area contributed by atoms with Crippen LogP contribution in [0.2, 0.25) is 5.02 Å². The van der Waals surface area contributed by atoms with E-state index in [1.165, 1.54) is 0 Å². The number of amides is 1. The van der Waals surface area contributed by atoms with E-state index in [9.17, 15) is 4.79 Å². The SMILES string of the molecule is NC(=O)C1CCN(C(=S)c2ccc(OCc3ccccc3Cl)cc2)CC1. The smallest absolute Gasteiger partial charge is 0.220 e. The number of rotatable bonds is 5. The molecule has 6 heteroatoms. The fraction of sp³-hybridized carbons (Fsp3) is 0.300. The topological polar surface area (TPSA) is 55.6 Å². The van der Waals surface area contributed by atoms with Gasteiger partial charge in [-0.05, 0) is 43.2 Å². The highest BCUT2D eigenvalue weighted by Gasteiger charge is 2.24. The van der Waals surface area contributed by atoms with Crippen molar-refractivity contribution in [3.8, 4) is 5.75 Å². The maximum Gasteiger partial charge on any atom is 0.220 e. The van der Waals surface area contributed by atoms with Crippen LogP contribution in [0.1, 0.15) is 24.0 Å². The molecule has 4 nitrogen and oxygen atoms in total. The first-order valence-corrected chi connectivity index (χ1v) is 9.38. The van der Waals surface area contributed by atoms with E-state index in [1.807, 2.05) is 48.5 Å². The van der Waals surface area contributed by atoms with Crippen molar-refractivity contribution in [3.63, 3.8) is 0 Å². The molecular weight excluding hydrogens is 368 g/mol. The number of benzene rings is 2. The number of thiocarbonyl (C=S) groups is 1. The second-order valence-corrected chi connectivity index (χ2v) is 7.17. The van der Waals surface area contributed by atoms with Crippen molar-refractivity contribution in [2.75, 3.05) is 13.1 Å². The van der Waals surface area contributed by atoms with Gasteiger partial charge in [0.05, 0.1) is 0 Å². The van der Waals surface area contributed by atoms with Crippen molar-refractivity contribution in [2.24, 2.45) is 11.7 Å². The Morgan fingerprint density at radius 1 is 1.15 bits per heavy atom. The van der Waals surface area contributed by atoms with Gasteiger partial charge in [-0.1, -0.05) is 42.0 Å². The van der Waals surface area contributed by atoms with Gasteiger partial charge < -0.3 is 15.4 Å². The average molecular weight is 389 g/mol. The van der Waals surface area contributed by atoms with E-state index in [-0.39, 0.29) is 11.8 Å². The lowest BCUT2D eigenvalue weighted by molar-refractivity contribution is -0.122. The number of primary amides is 1. The monoisotopic (exact) mass is 388 g/mol. The predicted molar refractivity (Wildman–Crippen MR) is 107 cm³/mol. The molecule has 2 aromatic rings. The second-order valence-electron chi connectivity index (χ2n) is 6.37. The molecule has 0 saturated carbocycles. The van der Waals surface area contributed by atoms with Crippen LogP contribution in [0.5, 0.6) is 5.75 Å². The number of carbonyl (C=O) groups excluding carboxylic acids is 1. The Kier molecular flexibility index (Phi) is 6.12. The summed E-state index contributed by atoms with van der Waals surface area (Å²) in [5.74, 6) is 0.522. The Hall–Kier alpha value is -2.11. The van der Waals surface area contributed by atoms with Crippen LogP contribution < -0.4 is 10.5 Å². The standard InChI is InChI=1S/C20H21ClN2O2S/c21-18-4-2-1-3-16(18)13-25-17-7-5-15(6-8-17)20(26)23-11-9-14(10-12-23)19(22)24/h1-8,14H,9-13H2,(H2,22,24). The predicted octanol–water partition coefficient (Wildman–Crippen LogP) is 3.79. The molecule has 1 saturated heterocycles. The molecule has 0 radical (unpaired) electrons. The summed E-state index contributed by atoms with van der Waals surface area (Å²) in [6, 6.07) is 15.4. The molecule has 0 aliphatic carbocycles. The third-order valence-corrected chi connectivity index (χ3v) is 5.50. The number of halogens is 1. The summed E-state index contributed by atoms with van der Waals surface area (Å²) in [6.07, 6.45) is 1.52. The van der Waals surface area contributed by atoms with Crippen molar-refractivity contribution in [3.05, 3.63) is 64.7 Å². The molecule has 0 spiro atoms. The van der Waals surface area contributed by atoms with Gasteiger partial charge in [0, 0.05) is 35.2 Å². The first-order chi connectivity index (χ1) is 12.5. The molecule has 0 atom stereocenters. The minimum Gasteiger partial charge on any atom is -0.489 e. The Labute approximate surface area is 163 Å². The molecular formula is C20H21ClN2O2S. The lowest BCUT2D eigenvalue weighted by Crippen LogP contribution is -2.41. The lowest BCUT2D eigenvalue weighted by Gasteiger charge is -2.32. The van der Waals surface area contributed by atoms with Crippen LogP contribution in [0.4, 0.5) is 0 Å². The van der Waals surface area contributed by atoms with Crippen molar-refractivity contribution in [2.45, 2.75) is 19.4 Å². The number of hydrogen-bond donors (Lipinski definition) is 1. The fourth-order valence-electron chi connectivity index (χ4n) is 3.02. The van der Waals surface area contributed by atoms with E-state index < -0.39 is 0 Å². The summed E-state index contributed by atoms with van der Waals surface area (Å²) >= 11 is 11.7. The number of nitrogens with two attached hydrogens (primary N) is 1. The van der Waals surface area contributed by atoms with Crippen molar-refractivity contribution in [1.29, 1.82) is 0 Å². The summed E-state index contributed by atoms with van der Waals surface area (Å²) in [7, 11) is 0. The zero-order valence-corrected chi connectivity index (χ0v) is 15.9. The van der Waals surface area contributed by atoms with Crippen molar-refractivity contribution >= 4 is 34.7 Å². The van der Waals surface area contributed by atoms with Gasteiger partial charge in [-0.3, -0.25) is 4.79 Å². The summed E-state index contributed by atoms with van der Waals surface area (Å²) in [6.45, 7) is 1.94. The van der Waals surface area contributed by atoms with Crippen LogP contribution in [-0.2, 0) is 11.4 Å². The van der Waals surface area contributed by atoms with Crippen LogP contribution in [-0.4, -0.2) is 28.9 Å². The fourth-order valence-corrected chi connectivity index (χ4v) is 3.53. The highest BCUT2D eigenvalue weighted by molar-refractivity contribution is 7.80. The Morgan fingerprint density at radius 2 is 1.81 bits per heavy atom. The van der Waals surface area contributed by atoms with E-state index in [4.69, 9.17) is 34.3 Å². The van der Waals surface area contributed by atoms with Gasteiger partial charge >= 0.3 is 0 Å². The van der Waals surface area contributed by atoms with Gasteiger partial charge in [-0.15, -0.1) is 0 Å². The maximum atomic E-state index is 11.3. The molecule has 1 aliphatic heterocycles. The molecule has 2 N–H and O–H groups in total. The van der Waals surface area contributed by atoms with Gasteiger partial charge in [0.2, 0.25) is 5.91 Å². The molecule has 136 valence electrons. The number of hydrogen-bond acceptors (Lipinski definition) is 3. The Balaban J connectivity index is 1.56. The Morgan fingerprint density at radius 3 is 2.42 bits per heavy atom. The van der Waals surface area contributed by atoms with Gasteiger partial charge in [-0.25, -0.2) is 0 Å². The van der Waals surface area contributed by atoms with Gasteiger partial charge in [0.1, 0.15) is 17.3 Å². The van der Waals surface area contributed by atoms with E-state index in [1.54, 1.807) is 0 Å². The molecule has 1 amide bonds. The first-order valence-electron chi connectivity index (χ1n) is 8.59. The van der Waals surface area contributed by atoms with Crippen LogP contribution in [0.25, 0.3) is 0 Å². The van der Waals surface area contributed by atoms with E-state index in [0.29, 0.717) is 11.6 Å². The number of nitrogens with zero attached hydrogens (tertiary/aromatic N) is 1. The average Bonchev–Trinajstić information content (AvgIpc) is 2.67. The van der Waals surface area contributed by atoms with Crippen LogP contribution in [0.3, 0.4) is 0 Å². The zero-order chi connectivity index (χ0) is 18.5. The van der Waals surface area contributed by atoms with Crippen LogP contribution in [0.15, 0.2) is 48.5 Å². The second kappa shape index (κ2) is 8.52. The van der Waals surface area contributed by atoms with Gasteiger partial charge in [0.15, 0.2) is 0 Å². The van der Waals surface area contributed by atoms with Crippen molar-refractivity contribution < 1.29 is 9.53 Å². The zero-order valence-electron chi connectivity index (χ0n) is 14.4. The summed E-state index contributed by atoms with van der Waals surface area (Å²) in [5, 5.41) is 0.699. The third kappa shape index (κ3) is 4.54. The molecule has 2 aromatic carbocycles. The van der Waals surface area contributed by atoms with Crippen LogP contribution in [0, 0.1) is 5.92 Å². The molecule has 0 unspecified atom stereocenters. The molecule has 0 bridgehead atoms. The number of carbonyl (C=O) groups is 1. The minimum atomic E-state index is -0.212. The molecule has 1 aliphatic rings. The number of ether oxygens (including phenoxy) is 1. The highest BCUT2D eigenvalue weighted by atomic mass is 35.5. The first kappa shape index (κ1) is 18.7. The Bertz CT molecular complexity index is 787. The summed E-state index contributed by atoms with van der Waals surface area (Å²) in [5.41, 5.74) is 7.31. The van der Waals surface area contributed by atoms with Gasteiger partial charge in [-0.2, -0.15) is 0 Å². The molecule has 3 rings (SSSR count). The normalized spacial score (nSPS) is 14.9. The molecule has 1 fully saturated rings. The largest absolute Gasteiger partial charge is 0.489 e. The number of piperidine rings is 1. The molecule has 26 heavy (non-hydrogen) atoms. The van der Waals surface area contributed by atoms with E-state index in [0.717, 1.165) is 47.8 Å². The maximum absolute atomic E-state index is 11.3. The summed E-state index contributed by atoms with van der Waals surface area (Å²) in [4.78, 5) is 14.2.